The Morgan fingerprint density at radius 2 is 1.83 bits per heavy atom. The molecule has 0 spiro atoms. The van der Waals surface area contributed by atoms with Crippen molar-refractivity contribution in [1.82, 2.24) is 5.32 Å². The van der Waals surface area contributed by atoms with Crippen LogP contribution in [0.2, 0.25) is 0 Å². The molecule has 120 valence electrons. The Hall–Kier alpha value is -2.43. The number of rotatable bonds is 3. The Morgan fingerprint density at radius 3 is 2.48 bits per heavy atom. The molecule has 2 atom stereocenters. The van der Waals surface area contributed by atoms with E-state index in [9.17, 15) is 14.4 Å². The molecule has 23 heavy (non-hydrogen) atoms. The van der Waals surface area contributed by atoms with Gasteiger partial charge in [0.25, 0.3) is 11.8 Å². The average molecular weight is 312 g/mol. The standard InChI is InChI=1S/C18H20N2O3/c1-9(2)7-13-14(18(13,3)4)17(23)19-10-5-6-11-12(8-10)16(22)20-15(11)21/h5-8,13-14H,1-4H3,(H,19,23)(H,20,21,22). The summed E-state index contributed by atoms with van der Waals surface area (Å²) >= 11 is 0. The van der Waals surface area contributed by atoms with Crippen LogP contribution in [0, 0.1) is 17.3 Å². The number of benzene rings is 1. The molecule has 3 rings (SSSR count). The fourth-order valence-electron chi connectivity index (χ4n) is 3.31. The molecule has 1 aliphatic heterocycles. The monoisotopic (exact) mass is 312 g/mol. The average Bonchev–Trinajstić information content (AvgIpc) is 2.85. The molecule has 1 saturated carbocycles. The van der Waals surface area contributed by atoms with Crippen LogP contribution in [-0.2, 0) is 4.79 Å². The zero-order valence-corrected chi connectivity index (χ0v) is 13.7. The van der Waals surface area contributed by atoms with Crippen LogP contribution in [0.3, 0.4) is 0 Å². The van der Waals surface area contributed by atoms with Gasteiger partial charge in [0.2, 0.25) is 5.91 Å². The zero-order chi connectivity index (χ0) is 16.9. The number of nitrogens with one attached hydrogen (secondary N) is 2. The second-order valence-corrected chi connectivity index (χ2v) is 7.10. The quantitative estimate of drug-likeness (QED) is 0.665. The maximum absolute atomic E-state index is 12.5. The van der Waals surface area contributed by atoms with Crippen LogP contribution in [0.4, 0.5) is 5.69 Å². The number of anilines is 1. The van der Waals surface area contributed by atoms with Gasteiger partial charge in [0.1, 0.15) is 0 Å². The SMILES string of the molecule is CC(C)=CC1C(C(=O)Nc2ccc3c(c2)C(=O)NC3=O)C1(C)C. The van der Waals surface area contributed by atoms with E-state index in [2.05, 4.69) is 30.6 Å². The summed E-state index contributed by atoms with van der Waals surface area (Å²) in [7, 11) is 0. The fraction of sp³-hybridized carbons (Fsp3) is 0.389. The van der Waals surface area contributed by atoms with Crippen molar-refractivity contribution in [3.05, 3.63) is 41.0 Å². The molecule has 1 aromatic carbocycles. The van der Waals surface area contributed by atoms with Gasteiger partial charge < -0.3 is 5.32 Å². The number of amides is 3. The van der Waals surface area contributed by atoms with Crippen molar-refractivity contribution in [2.45, 2.75) is 27.7 Å². The topological polar surface area (TPSA) is 75.3 Å². The molecule has 5 nitrogen and oxygen atoms in total. The van der Waals surface area contributed by atoms with E-state index < -0.39 is 11.8 Å². The molecule has 1 fully saturated rings. The number of allylic oxidation sites excluding steroid dienone is 2. The highest BCUT2D eigenvalue weighted by Gasteiger charge is 2.60. The molecule has 5 heteroatoms. The lowest BCUT2D eigenvalue weighted by atomic mass is 10.1. The van der Waals surface area contributed by atoms with Gasteiger partial charge in [-0.2, -0.15) is 0 Å². The molecule has 1 aliphatic carbocycles. The van der Waals surface area contributed by atoms with Crippen molar-refractivity contribution in [3.63, 3.8) is 0 Å². The van der Waals surface area contributed by atoms with Gasteiger partial charge in [-0.1, -0.05) is 25.5 Å². The molecule has 0 radical (unpaired) electrons. The molecule has 1 aromatic rings. The van der Waals surface area contributed by atoms with E-state index in [1.807, 2.05) is 13.8 Å². The van der Waals surface area contributed by atoms with Gasteiger partial charge >= 0.3 is 0 Å². The van der Waals surface area contributed by atoms with E-state index >= 15 is 0 Å². The Labute approximate surface area is 135 Å². The van der Waals surface area contributed by atoms with E-state index in [0.29, 0.717) is 16.8 Å². The number of carbonyl (C=O) groups excluding carboxylic acids is 3. The van der Waals surface area contributed by atoms with Crippen LogP contribution in [0.15, 0.2) is 29.8 Å². The van der Waals surface area contributed by atoms with Crippen LogP contribution >= 0.6 is 0 Å². The van der Waals surface area contributed by atoms with Gasteiger partial charge in [0, 0.05) is 5.69 Å². The Balaban J connectivity index is 1.78. The van der Waals surface area contributed by atoms with Crippen LogP contribution in [0.25, 0.3) is 0 Å². The van der Waals surface area contributed by atoms with Crippen molar-refractivity contribution >= 4 is 23.4 Å². The smallest absolute Gasteiger partial charge is 0.259 e. The van der Waals surface area contributed by atoms with Crippen molar-refractivity contribution < 1.29 is 14.4 Å². The van der Waals surface area contributed by atoms with E-state index in [0.717, 1.165) is 0 Å². The molecular formula is C18H20N2O3. The Bertz CT molecular complexity index is 758. The third-order valence-electron chi connectivity index (χ3n) is 4.71. The number of fused-ring (bicyclic) bond motifs is 1. The number of carbonyl (C=O) groups is 3. The normalized spacial score (nSPS) is 23.8. The molecular weight excluding hydrogens is 292 g/mol. The van der Waals surface area contributed by atoms with Gasteiger partial charge in [0.05, 0.1) is 17.0 Å². The predicted octanol–water partition coefficient (Wildman–Crippen LogP) is 2.75. The second-order valence-electron chi connectivity index (χ2n) is 7.10. The maximum Gasteiger partial charge on any atom is 0.259 e. The molecule has 0 aromatic heterocycles. The largest absolute Gasteiger partial charge is 0.326 e. The third-order valence-corrected chi connectivity index (χ3v) is 4.71. The van der Waals surface area contributed by atoms with Crippen molar-refractivity contribution in [3.8, 4) is 0 Å². The first-order chi connectivity index (χ1) is 10.7. The van der Waals surface area contributed by atoms with Crippen LogP contribution < -0.4 is 10.6 Å². The third kappa shape index (κ3) is 2.56. The molecule has 2 unspecified atom stereocenters. The minimum Gasteiger partial charge on any atom is -0.326 e. The summed E-state index contributed by atoms with van der Waals surface area (Å²) in [5.41, 5.74) is 2.33. The minimum absolute atomic E-state index is 0.0535. The molecule has 2 N–H and O–H groups in total. The highest BCUT2D eigenvalue weighted by atomic mass is 16.2. The Morgan fingerprint density at radius 1 is 1.17 bits per heavy atom. The summed E-state index contributed by atoms with van der Waals surface area (Å²) in [5, 5.41) is 5.11. The molecule has 1 heterocycles. The van der Waals surface area contributed by atoms with Crippen molar-refractivity contribution in [2.75, 3.05) is 5.32 Å². The lowest BCUT2D eigenvalue weighted by molar-refractivity contribution is -0.118. The van der Waals surface area contributed by atoms with Gasteiger partial charge in [-0.3, -0.25) is 19.7 Å². The molecule has 0 bridgehead atoms. The zero-order valence-electron chi connectivity index (χ0n) is 13.7. The van der Waals surface area contributed by atoms with Gasteiger partial charge in [0.15, 0.2) is 0 Å². The Kier molecular flexibility index (Phi) is 3.39. The van der Waals surface area contributed by atoms with E-state index in [-0.39, 0.29) is 23.2 Å². The lowest BCUT2D eigenvalue weighted by Crippen LogP contribution is -2.20. The first-order valence-corrected chi connectivity index (χ1v) is 7.67. The van der Waals surface area contributed by atoms with Crippen molar-refractivity contribution in [2.24, 2.45) is 17.3 Å². The van der Waals surface area contributed by atoms with Gasteiger partial charge in [-0.15, -0.1) is 0 Å². The number of imide groups is 1. The summed E-state index contributed by atoms with van der Waals surface area (Å²) in [6.45, 7) is 8.21. The lowest BCUT2D eigenvalue weighted by Gasteiger charge is -2.07. The fourth-order valence-corrected chi connectivity index (χ4v) is 3.31. The minimum atomic E-state index is -0.421. The van der Waals surface area contributed by atoms with Gasteiger partial charge in [-0.25, -0.2) is 0 Å². The van der Waals surface area contributed by atoms with Crippen LogP contribution in [0.5, 0.6) is 0 Å². The predicted molar refractivity (Wildman–Crippen MR) is 87.1 cm³/mol. The van der Waals surface area contributed by atoms with E-state index in [1.165, 1.54) is 5.57 Å². The summed E-state index contributed by atoms with van der Waals surface area (Å²) in [6, 6.07) is 4.77. The summed E-state index contributed by atoms with van der Waals surface area (Å²) < 4.78 is 0. The summed E-state index contributed by atoms with van der Waals surface area (Å²) in [4.78, 5) is 35.7. The maximum atomic E-state index is 12.5. The molecule has 0 saturated heterocycles. The highest BCUT2D eigenvalue weighted by molar-refractivity contribution is 6.22. The van der Waals surface area contributed by atoms with Crippen LogP contribution in [-0.4, -0.2) is 17.7 Å². The van der Waals surface area contributed by atoms with E-state index in [4.69, 9.17) is 0 Å². The van der Waals surface area contributed by atoms with Gasteiger partial charge in [-0.05, 0) is 43.4 Å². The number of hydrogen-bond donors (Lipinski definition) is 2. The number of hydrogen-bond acceptors (Lipinski definition) is 3. The van der Waals surface area contributed by atoms with Crippen LogP contribution in [0.1, 0.15) is 48.4 Å². The first-order valence-electron chi connectivity index (χ1n) is 7.67. The molecule has 2 aliphatic rings. The first kappa shape index (κ1) is 15.5. The molecule has 3 amide bonds. The highest BCUT2D eigenvalue weighted by Crippen LogP contribution is 2.59. The second kappa shape index (κ2) is 5.05. The summed E-state index contributed by atoms with van der Waals surface area (Å²) in [6.07, 6.45) is 2.14. The van der Waals surface area contributed by atoms with E-state index in [1.54, 1.807) is 18.2 Å². The summed E-state index contributed by atoms with van der Waals surface area (Å²) in [5.74, 6) is -0.722. The van der Waals surface area contributed by atoms with Crippen molar-refractivity contribution in [1.29, 1.82) is 0 Å².